The van der Waals surface area contributed by atoms with Crippen LogP contribution in [-0.2, 0) is 6.54 Å². The summed E-state index contributed by atoms with van der Waals surface area (Å²) in [5.74, 6) is 1.11. The third-order valence-corrected chi connectivity index (χ3v) is 3.76. The summed E-state index contributed by atoms with van der Waals surface area (Å²) in [5.41, 5.74) is 8.12. The molecule has 1 unspecified atom stereocenters. The molecule has 0 saturated heterocycles. The number of aromatic nitrogens is 2. The second-order valence-electron chi connectivity index (χ2n) is 5.56. The average Bonchev–Trinajstić information content (AvgIpc) is 2.82. The molecule has 0 fully saturated rings. The van der Waals surface area contributed by atoms with Gasteiger partial charge in [0.15, 0.2) is 0 Å². The number of imidazole rings is 1. The molecule has 20 heavy (non-hydrogen) atoms. The number of fused-ring (bicyclic) bond motifs is 1. The fraction of sp³-hybridized carbons (Fsp3) is 0.562. The molecule has 0 aliphatic carbocycles. The van der Waals surface area contributed by atoms with Gasteiger partial charge in [0.2, 0.25) is 0 Å². The lowest BCUT2D eigenvalue weighted by Crippen LogP contribution is -2.24. The largest absolute Gasteiger partial charge is 0.328 e. The van der Waals surface area contributed by atoms with Crippen molar-refractivity contribution in [3.05, 3.63) is 30.1 Å². The molecule has 0 aliphatic rings. The molecule has 2 rings (SSSR count). The van der Waals surface area contributed by atoms with Gasteiger partial charge in [0, 0.05) is 12.6 Å². The lowest BCUT2D eigenvalue weighted by atomic mass is 10.2. The molecule has 2 N–H and O–H groups in total. The van der Waals surface area contributed by atoms with Crippen LogP contribution in [0.4, 0.5) is 0 Å². The maximum Gasteiger partial charge on any atom is 0.124 e. The Labute approximate surface area is 121 Å². The summed E-state index contributed by atoms with van der Waals surface area (Å²) in [6.07, 6.45) is 2.45. The first-order chi connectivity index (χ1) is 9.67. The SMILES string of the molecule is CCCCN(C)Cc1nc2ccccc2n1C(C)CN. The molecule has 0 saturated carbocycles. The van der Waals surface area contributed by atoms with Gasteiger partial charge in [0.1, 0.15) is 5.82 Å². The number of unbranched alkanes of at least 4 members (excludes halogenated alkanes) is 1. The number of para-hydroxylation sites is 2. The van der Waals surface area contributed by atoms with Crippen molar-refractivity contribution >= 4 is 11.0 Å². The van der Waals surface area contributed by atoms with Gasteiger partial charge in [-0.3, -0.25) is 4.90 Å². The molecule has 0 bridgehead atoms. The van der Waals surface area contributed by atoms with E-state index in [4.69, 9.17) is 10.7 Å². The number of benzene rings is 1. The predicted octanol–water partition coefficient (Wildman–Crippen LogP) is 2.79. The Morgan fingerprint density at radius 1 is 1.35 bits per heavy atom. The fourth-order valence-electron chi connectivity index (χ4n) is 2.55. The molecule has 0 amide bonds. The maximum atomic E-state index is 5.87. The topological polar surface area (TPSA) is 47.1 Å². The van der Waals surface area contributed by atoms with Crippen LogP contribution in [0.5, 0.6) is 0 Å². The van der Waals surface area contributed by atoms with Crippen molar-refractivity contribution in [2.24, 2.45) is 5.73 Å². The second-order valence-corrected chi connectivity index (χ2v) is 5.56. The first-order valence-electron chi connectivity index (χ1n) is 7.51. The molecule has 4 nitrogen and oxygen atoms in total. The van der Waals surface area contributed by atoms with Crippen LogP contribution in [0.15, 0.2) is 24.3 Å². The summed E-state index contributed by atoms with van der Waals surface area (Å²) < 4.78 is 2.29. The fourth-order valence-corrected chi connectivity index (χ4v) is 2.55. The van der Waals surface area contributed by atoms with E-state index in [-0.39, 0.29) is 6.04 Å². The average molecular weight is 274 g/mol. The number of hydrogen-bond acceptors (Lipinski definition) is 3. The summed E-state index contributed by atoms with van der Waals surface area (Å²) in [5, 5.41) is 0. The van der Waals surface area contributed by atoms with Crippen LogP contribution in [0.3, 0.4) is 0 Å². The zero-order valence-corrected chi connectivity index (χ0v) is 12.8. The van der Waals surface area contributed by atoms with Crippen molar-refractivity contribution in [3.63, 3.8) is 0 Å². The van der Waals surface area contributed by atoms with Crippen LogP contribution < -0.4 is 5.73 Å². The van der Waals surface area contributed by atoms with Crippen LogP contribution in [0.25, 0.3) is 11.0 Å². The Bertz CT molecular complexity index is 546. The molecule has 1 heterocycles. The second kappa shape index (κ2) is 6.86. The van der Waals surface area contributed by atoms with Crippen LogP contribution in [0.1, 0.15) is 38.6 Å². The van der Waals surface area contributed by atoms with Gasteiger partial charge in [-0.15, -0.1) is 0 Å². The van der Waals surface area contributed by atoms with Gasteiger partial charge < -0.3 is 10.3 Å². The quantitative estimate of drug-likeness (QED) is 0.844. The summed E-state index contributed by atoms with van der Waals surface area (Å²) in [4.78, 5) is 7.13. The van der Waals surface area contributed by atoms with E-state index in [1.54, 1.807) is 0 Å². The minimum atomic E-state index is 0.275. The van der Waals surface area contributed by atoms with Crippen molar-refractivity contribution < 1.29 is 0 Å². The zero-order chi connectivity index (χ0) is 14.5. The van der Waals surface area contributed by atoms with Crippen LogP contribution in [0, 0.1) is 0 Å². The predicted molar refractivity (Wildman–Crippen MR) is 84.7 cm³/mol. The molecule has 1 aromatic heterocycles. The lowest BCUT2D eigenvalue weighted by Gasteiger charge is -2.20. The molecule has 0 aliphatic heterocycles. The molecule has 2 aromatic rings. The van der Waals surface area contributed by atoms with Gasteiger partial charge in [-0.2, -0.15) is 0 Å². The van der Waals surface area contributed by atoms with Gasteiger partial charge in [-0.25, -0.2) is 4.98 Å². The summed E-state index contributed by atoms with van der Waals surface area (Å²) in [7, 11) is 2.16. The standard InChI is InChI=1S/C16H26N4/c1-4-5-10-19(3)12-16-18-14-8-6-7-9-15(14)20(16)13(2)11-17/h6-9,13H,4-5,10-12,17H2,1-3H3. The molecule has 1 aromatic carbocycles. The summed E-state index contributed by atoms with van der Waals surface area (Å²) >= 11 is 0. The highest BCUT2D eigenvalue weighted by molar-refractivity contribution is 5.76. The van der Waals surface area contributed by atoms with E-state index in [0.717, 1.165) is 24.4 Å². The molecule has 1 atom stereocenters. The van der Waals surface area contributed by atoms with Crippen molar-refractivity contribution in [1.29, 1.82) is 0 Å². The highest BCUT2D eigenvalue weighted by Crippen LogP contribution is 2.21. The molecular weight excluding hydrogens is 248 g/mol. The van der Waals surface area contributed by atoms with Gasteiger partial charge in [0.05, 0.1) is 17.6 Å². The Morgan fingerprint density at radius 3 is 2.80 bits per heavy atom. The van der Waals surface area contributed by atoms with E-state index in [1.165, 1.54) is 18.4 Å². The molecule has 110 valence electrons. The van der Waals surface area contributed by atoms with Crippen molar-refractivity contribution in [1.82, 2.24) is 14.5 Å². The van der Waals surface area contributed by atoms with E-state index >= 15 is 0 Å². The first kappa shape index (κ1) is 15.0. The van der Waals surface area contributed by atoms with E-state index < -0.39 is 0 Å². The van der Waals surface area contributed by atoms with Crippen molar-refractivity contribution in [3.8, 4) is 0 Å². The minimum Gasteiger partial charge on any atom is -0.328 e. The number of nitrogens with zero attached hydrogens (tertiary/aromatic N) is 3. The molecule has 0 radical (unpaired) electrons. The van der Waals surface area contributed by atoms with Crippen LogP contribution in [-0.4, -0.2) is 34.6 Å². The Morgan fingerprint density at radius 2 is 2.10 bits per heavy atom. The number of rotatable bonds is 7. The van der Waals surface area contributed by atoms with E-state index in [0.29, 0.717) is 6.54 Å². The third kappa shape index (κ3) is 3.19. The Hall–Kier alpha value is -1.39. The normalized spacial score (nSPS) is 13.2. The van der Waals surface area contributed by atoms with Gasteiger partial charge in [0.25, 0.3) is 0 Å². The van der Waals surface area contributed by atoms with Crippen LogP contribution in [0.2, 0.25) is 0 Å². The lowest BCUT2D eigenvalue weighted by molar-refractivity contribution is 0.305. The smallest absolute Gasteiger partial charge is 0.124 e. The Kier molecular flexibility index (Phi) is 5.15. The van der Waals surface area contributed by atoms with E-state index in [9.17, 15) is 0 Å². The van der Waals surface area contributed by atoms with Gasteiger partial charge in [-0.05, 0) is 39.1 Å². The van der Waals surface area contributed by atoms with Crippen LogP contribution >= 0.6 is 0 Å². The number of hydrogen-bond donors (Lipinski definition) is 1. The molecule has 0 spiro atoms. The Balaban J connectivity index is 2.31. The van der Waals surface area contributed by atoms with Gasteiger partial charge >= 0.3 is 0 Å². The summed E-state index contributed by atoms with van der Waals surface area (Å²) in [6.45, 7) is 6.99. The molecular formula is C16H26N4. The van der Waals surface area contributed by atoms with E-state index in [2.05, 4.69) is 48.6 Å². The number of nitrogens with two attached hydrogens (primary N) is 1. The highest BCUT2D eigenvalue weighted by atomic mass is 15.2. The molecule has 4 heteroatoms. The third-order valence-electron chi connectivity index (χ3n) is 3.76. The first-order valence-corrected chi connectivity index (χ1v) is 7.51. The summed E-state index contributed by atoms with van der Waals surface area (Å²) in [6, 6.07) is 8.58. The monoisotopic (exact) mass is 274 g/mol. The van der Waals surface area contributed by atoms with E-state index in [1.807, 2.05) is 6.07 Å². The van der Waals surface area contributed by atoms with Crippen molar-refractivity contribution in [2.75, 3.05) is 20.1 Å². The minimum absolute atomic E-state index is 0.275. The van der Waals surface area contributed by atoms with Gasteiger partial charge in [-0.1, -0.05) is 25.5 Å². The van der Waals surface area contributed by atoms with Crippen molar-refractivity contribution in [2.45, 2.75) is 39.3 Å². The highest BCUT2D eigenvalue weighted by Gasteiger charge is 2.15. The maximum absolute atomic E-state index is 5.87. The zero-order valence-electron chi connectivity index (χ0n) is 12.8.